The largest absolute Gasteiger partial charge is 0.371 e. The van der Waals surface area contributed by atoms with Gasteiger partial charge in [0.15, 0.2) is 11.6 Å². The van der Waals surface area contributed by atoms with Crippen molar-refractivity contribution in [2.24, 2.45) is 5.41 Å². The second-order valence-electron chi connectivity index (χ2n) is 5.87. The summed E-state index contributed by atoms with van der Waals surface area (Å²) in [5.74, 6) is 0.583. The molecule has 17 heavy (non-hydrogen) atoms. The quantitative estimate of drug-likeness (QED) is 0.489. The summed E-state index contributed by atoms with van der Waals surface area (Å²) in [7, 11) is 0. The van der Waals surface area contributed by atoms with E-state index in [0.29, 0.717) is 30.3 Å². The first kappa shape index (κ1) is 12.1. The molecule has 1 saturated carbocycles. The number of rotatable bonds is 0. The summed E-state index contributed by atoms with van der Waals surface area (Å²) in [5.41, 5.74) is 0.161. The van der Waals surface area contributed by atoms with Crippen LogP contribution in [0.2, 0.25) is 0 Å². The van der Waals surface area contributed by atoms with Gasteiger partial charge in [0.25, 0.3) is 0 Å². The van der Waals surface area contributed by atoms with Gasteiger partial charge in [0.05, 0.1) is 0 Å². The minimum Gasteiger partial charge on any atom is -0.371 e. The van der Waals surface area contributed by atoms with Crippen molar-refractivity contribution in [3.8, 4) is 0 Å². The molecule has 1 unspecified atom stereocenters. The van der Waals surface area contributed by atoms with Crippen LogP contribution in [-0.4, -0.2) is 24.2 Å². The Hall–Kier alpha value is -1.32. The summed E-state index contributed by atoms with van der Waals surface area (Å²) in [4.78, 5) is 24.1. The van der Waals surface area contributed by atoms with Gasteiger partial charge in [-0.05, 0) is 18.8 Å². The van der Waals surface area contributed by atoms with Gasteiger partial charge in [0, 0.05) is 25.4 Å². The molecule has 4 nitrogen and oxygen atoms in total. The average Bonchev–Trinajstić information content (AvgIpc) is 2.13. The van der Waals surface area contributed by atoms with E-state index in [1.165, 1.54) is 0 Å². The number of carbonyl (C=O) groups excluding carboxylic acids is 2. The Labute approximate surface area is 102 Å². The van der Waals surface area contributed by atoms with E-state index in [2.05, 4.69) is 17.6 Å². The van der Waals surface area contributed by atoms with Crippen molar-refractivity contribution in [2.75, 3.05) is 6.54 Å². The first-order valence-electron chi connectivity index (χ1n) is 6.20. The molecule has 1 aliphatic heterocycles. The van der Waals surface area contributed by atoms with Crippen molar-refractivity contribution in [3.05, 3.63) is 11.4 Å². The molecule has 0 spiro atoms. The Morgan fingerprint density at radius 2 is 1.76 bits per heavy atom. The summed E-state index contributed by atoms with van der Waals surface area (Å²) in [6.07, 6.45) is 1.91. The Bertz CT molecular complexity index is 374. The molecule has 2 N–H and O–H groups in total. The lowest BCUT2D eigenvalue weighted by molar-refractivity contribution is -0.127. The zero-order valence-electron chi connectivity index (χ0n) is 10.7. The predicted octanol–water partition coefficient (Wildman–Crippen LogP) is 1.13. The molecular weight excluding hydrogens is 216 g/mol. The molecule has 0 aromatic rings. The summed E-state index contributed by atoms with van der Waals surface area (Å²) < 4.78 is 0. The maximum atomic E-state index is 12.1. The molecule has 1 heterocycles. The van der Waals surface area contributed by atoms with Gasteiger partial charge in [-0.15, -0.1) is 0 Å². The van der Waals surface area contributed by atoms with Gasteiger partial charge in [-0.2, -0.15) is 0 Å². The van der Waals surface area contributed by atoms with Gasteiger partial charge in [-0.25, -0.2) is 0 Å². The van der Waals surface area contributed by atoms with Crippen LogP contribution in [0.5, 0.6) is 0 Å². The van der Waals surface area contributed by atoms with Crippen LogP contribution < -0.4 is 10.6 Å². The monoisotopic (exact) mass is 236 g/mol. The average molecular weight is 236 g/mol. The van der Waals surface area contributed by atoms with Crippen molar-refractivity contribution < 1.29 is 9.59 Å². The summed E-state index contributed by atoms with van der Waals surface area (Å²) in [6, 6.07) is 0.314. The number of carbonyl (C=O) groups is 2. The van der Waals surface area contributed by atoms with Crippen LogP contribution in [-0.2, 0) is 9.59 Å². The molecule has 1 saturated heterocycles. The van der Waals surface area contributed by atoms with Crippen LogP contribution in [0.3, 0.4) is 0 Å². The lowest BCUT2D eigenvalue weighted by Gasteiger charge is -2.32. The number of Topliss-reactive ketones (excluding diaryl/α,β-unsaturated/α-hetero) is 2. The van der Waals surface area contributed by atoms with Gasteiger partial charge in [0.1, 0.15) is 11.4 Å². The second-order valence-corrected chi connectivity index (χ2v) is 5.87. The number of allylic oxidation sites excluding steroid dienone is 1. The number of hydrogen-bond acceptors (Lipinski definition) is 4. The van der Waals surface area contributed by atoms with E-state index in [1.54, 1.807) is 0 Å². The van der Waals surface area contributed by atoms with E-state index >= 15 is 0 Å². The van der Waals surface area contributed by atoms with Gasteiger partial charge in [-0.1, -0.05) is 13.8 Å². The van der Waals surface area contributed by atoms with E-state index in [0.717, 1.165) is 13.0 Å². The third kappa shape index (κ3) is 2.51. The highest BCUT2D eigenvalue weighted by atomic mass is 16.2. The molecule has 2 fully saturated rings. The highest BCUT2D eigenvalue weighted by Crippen LogP contribution is 2.34. The van der Waals surface area contributed by atoms with Crippen molar-refractivity contribution in [1.29, 1.82) is 0 Å². The zero-order valence-corrected chi connectivity index (χ0v) is 10.7. The van der Waals surface area contributed by atoms with Gasteiger partial charge in [-0.3, -0.25) is 9.59 Å². The normalized spacial score (nSPS) is 28.8. The van der Waals surface area contributed by atoms with Crippen molar-refractivity contribution in [3.63, 3.8) is 0 Å². The fraction of sp³-hybridized carbons (Fsp3) is 0.692. The van der Waals surface area contributed by atoms with Crippen LogP contribution in [0, 0.1) is 5.41 Å². The molecule has 0 amide bonds. The third-order valence-corrected chi connectivity index (χ3v) is 3.36. The highest BCUT2D eigenvalue weighted by molar-refractivity contribution is 6.22. The molecule has 1 atom stereocenters. The fourth-order valence-electron chi connectivity index (χ4n) is 2.49. The Morgan fingerprint density at radius 3 is 2.29 bits per heavy atom. The molecule has 0 radical (unpaired) electrons. The predicted molar refractivity (Wildman–Crippen MR) is 65.3 cm³/mol. The molecule has 4 heteroatoms. The van der Waals surface area contributed by atoms with Gasteiger partial charge >= 0.3 is 0 Å². The molecule has 2 rings (SSSR count). The first-order valence-corrected chi connectivity index (χ1v) is 6.20. The highest BCUT2D eigenvalue weighted by Gasteiger charge is 2.38. The zero-order chi connectivity index (χ0) is 12.6. The Kier molecular flexibility index (Phi) is 2.98. The second kappa shape index (κ2) is 4.17. The van der Waals surface area contributed by atoms with E-state index in [9.17, 15) is 9.59 Å². The van der Waals surface area contributed by atoms with Crippen LogP contribution in [0.25, 0.3) is 0 Å². The Balaban J connectivity index is 2.29. The van der Waals surface area contributed by atoms with Crippen molar-refractivity contribution >= 4 is 11.6 Å². The van der Waals surface area contributed by atoms with E-state index in [1.807, 2.05) is 13.8 Å². The van der Waals surface area contributed by atoms with Crippen LogP contribution >= 0.6 is 0 Å². The number of ketones is 2. The fourth-order valence-corrected chi connectivity index (χ4v) is 2.49. The van der Waals surface area contributed by atoms with E-state index in [4.69, 9.17) is 0 Å². The molecule has 2 aliphatic rings. The van der Waals surface area contributed by atoms with Crippen molar-refractivity contribution in [2.45, 2.75) is 46.1 Å². The molecule has 0 bridgehead atoms. The maximum absolute atomic E-state index is 12.1. The lowest BCUT2D eigenvalue weighted by atomic mass is 9.74. The van der Waals surface area contributed by atoms with Gasteiger partial charge < -0.3 is 10.6 Å². The lowest BCUT2D eigenvalue weighted by Crippen LogP contribution is -2.45. The summed E-state index contributed by atoms with van der Waals surface area (Å²) >= 11 is 0. The smallest absolute Gasteiger partial charge is 0.170 e. The Morgan fingerprint density at radius 1 is 1.18 bits per heavy atom. The van der Waals surface area contributed by atoms with E-state index < -0.39 is 0 Å². The maximum Gasteiger partial charge on any atom is 0.170 e. The number of nitrogens with one attached hydrogen (secondary N) is 2. The van der Waals surface area contributed by atoms with E-state index in [-0.39, 0.29) is 17.0 Å². The SMILES string of the molecule is CC1CCNC(=C2C(=O)CC(C)(C)CC2=O)N1. The minimum absolute atomic E-state index is 0.0321. The van der Waals surface area contributed by atoms with Crippen LogP contribution in [0.15, 0.2) is 11.4 Å². The topological polar surface area (TPSA) is 58.2 Å². The first-order chi connectivity index (χ1) is 7.89. The minimum atomic E-state index is -0.196. The van der Waals surface area contributed by atoms with Crippen LogP contribution in [0.1, 0.15) is 40.0 Å². The summed E-state index contributed by atoms with van der Waals surface area (Å²) in [5, 5.41) is 6.34. The third-order valence-electron chi connectivity index (χ3n) is 3.36. The number of hydrogen-bond donors (Lipinski definition) is 2. The summed E-state index contributed by atoms with van der Waals surface area (Å²) in [6.45, 7) is 6.81. The standard InChI is InChI=1S/C13H20N2O2/c1-8-4-5-14-12(15-8)11-9(16)6-13(2,3)7-10(11)17/h8,14-15H,4-7H2,1-3H3. The van der Waals surface area contributed by atoms with Crippen molar-refractivity contribution in [1.82, 2.24) is 10.6 Å². The molecule has 1 aliphatic carbocycles. The molecule has 0 aromatic heterocycles. The molecular formula is C13H20N2O2. The molecule has 94 valence electrons. The molecule has 0 aromatic carbocycles. The van der Waals surface area contributed by atoms with Crippen LogP contribution in [0.4, 0.5) is 0 Å². The van der Waals surface area contributed by atoms with Gasteiger partial charge in [0.2, 0.25) is 0 Å².